The molecule has 1 aliphatic rings. The van der Waals surface area contributed by atoms with Crippen molar-refractivity contribution in [2.75, 3.05) is 0 Å². The van der Waals surface area contributed by atoms with Crippen molar-refractivity contribution in [2.45, 2.75) is 19.3 Å². The lowest BCUT2D eigenvalue weighted by molar-refractivity contribution is 0.538. The molecule has 52 valence electrons. The monoisotopic (exact) mass is 148 g/mol. The van der Waals surface area contributed by atoms with Crippen LogP contribution in [0.15, 0.2) is 4.52 Å². The lowest BCUT2D eigenvalue weighted by atomic mass is 11.0. The molecular formula is C3H6N3O2S-. The molecule has 1 aliphatic carbocycles. The molecule has 0 aromatic heterocycles. The van der Waals surface area contributed by atoms with Crippen molar-refractivity contribution >= 4 is 11.3 Å². The fraction of sp³-hybridized carbons (Fsp3) is 1.00. The van der Waals surface area contributed by atoms with Crippen molar-refractivity contribution in [1.29, 1.82) is 0 Å². The topological polar surface area (TPSA) is 88.9 Å². The molecule has 1 saturated carbocycles. The van der Waals surface area contributed by atoms with Gasteiger partial charge < -0.3 is 4.55 Å². The van der Waals surface area contributed by atoms with Crippen molar-refractivity contribution in [1.82, 2.24) is 0 Å². The molecule has 0 amide bonds. The third-order valence-electron chi connectivity index (χ3n) is 0.457. The Labute approximate surface area is 55.1 Å². The molecule has 6 heteroatoms. The highest BCUT2D eigenvalue weighted by Crippen LogP contribution is 2.14. The molecule has 0 N–H and O–H groups in total. The summed E-state index contributed by atoms with van der Waals surface area (Å²) in [6, 6.07) is 0. The molecular weight excluding hydrogens is 142 g/mol. The van der Waals surface area contributed by atoms with Gasteiger partial charge in [-0.05, 0) is 10.1 Å². The maximum absolute atomic E-state index is 9.18. The van der Waals surface area contributed by atoms with Crippen LogP contribution in [0.1, 0.15) is 19.3 Å². The molecule has 0 aromatic rings. The molecule has 1 atom stereocenters. The molecule has 0 aliphatic heterocycles. The summed E-state index contributed by atoms with van der Waals surface area (Å²) >= 11 is -2.61. The summed E-state index contributed by atoms with van der Waals surface area (Å²) < 4.78 is 20.6. The standard InChI is InChI=1S/C3H6.HN3O2S/c1-2-3-1;1-2-3-6(4)5/h1-3H2;(H,4,5)/p-1. The van der Waals surface area contributed by atoms with Gasteiger partial charge in [-0.3, -0.25) is 4.21 Å². The fourth-order valence-electron chi connectivity index (χ4n) is 0.0298. The second-order valence-electron chi connectivity index (χ2n) is 1.45. The fourth-order valence-corrected chi connectivity index (χ4v) is 0.0894. The van der Waals surface area contributed by atoms with Gasteiger partial charge in [0.1, 0.15) is 0 Å². The van der Waals surface area contributed by atoms with Gasteiger partial charge in [0.2, 0.25) is 0 Å². The van der Waals surface area contributed by atoms with Gasteiger partial charge in [0.25, 0.3) is 0 Å². The third-order valence-corrected chi connectivity index (χ3v) is 0.663. The zero-order chi connectivity index (χ0) is 7.11. The summed E-state index contributed by atoms with van der Waals surface area (Å²) in [4.78, 5) is 1.95. The van der Waals surface area contributed by atoms with E-state index < -0.39 is 11.3 Å². The van der Waals surface area contributed by atoms with Crippen LogP contribution in [0.4, 0.5) is 0 Å². The van der Waals surface area contributed by atoms with E-state index in [1.807, 2.05) is 4.91 Å². The van der Waals surface area contributed by atoms with Crippen LogP contribution < -0.4 is 0 Å². The van der Waals surface area contributed by atoms with Crippen LogP contribution in [0.2, 0.25) is 0 Å². The summed E-state index contributed by atoms with van der Waals surface area (Å²) in [5.41, 5.74) is 7.30. The number of nitrogens with zero attached hydrogens (tertiary/aromatic N) is 3. The Kier molecular flexibility index (Phi) is 5.20. The predicted octanol–water partition coefficient (Wildman–Crippen LogP) is 1.26. The lowest BCUT2D eigenvalue weighted by Gasteiger charge is -1.85. The molecule has 0 saturated heterocycles. The summed E-state index contributed by atoms with van der Waals surface area (Å²) in [6.07, 6.45) is 4.50. The van der Waals surface area contributed by atoms with Gasteiger partial charge in [-0.25, -0.2) is 0 Å². The molecule has 0 heterocycles. The van der Waals surface area contributed by atoms with Crippen LogP contribution in [0, 0.1) is 0 Å². The summed E-state index contributed by atoms with van der Waals surface area (Å²) in [7, 11) is 0. The maximum atomic E-state index is 9.18. The highest BCUT2D eigenvalue weighted by atomic mass is 32.2. The Hall–Kier alpha value is -0.580. The number of azide groups is 1. The van der Waals surface area contributed by atoms with E-state index in [1.165, 1.54) is 19.3 Å². The molecule has 0 radical (unpaired) electrons. The van der Waals surface area contributed by atoms with E-state index in [0.29, 0.717) is 0 Å². The zero-order valence-electron chi connectivity index (χ0n) is 4.69. The molecule has 1 rings (SSSR count). The van der Waals surface area contributed by atoms with E-state index in [4.69, 9.17) is 5.53 Å². The molecule has 0 aromatic carbocycles. The van der Waals surface area contributed by atoms with Crippen molar-refractivity contribution in [3.63, 3.8) is 0 Å². The average Bonchev–Trinajstić information content (AvgIpc) is 2.45. The highest BCUT2D eigenvalue weighted by molar-refractivity contribution is 7.77. The average molecular weight is 148 g/mol. The van der Waals surface area contributed by atoms with Crippen molar-refractivity contribution in [3.05, 3.63) is 10.4 Å². The first-order valence-corrected chi connectivity index (χ1v) is 3.45. The summed E-state index contributed by atoms with van der Waals surface area (Å²) in [6.45, 7) is 0. The van der Waals surface area contributed by atoms with Crippen LogP contribution in [-0.2, 0) is 11.3 Å². The first kappa shape index (κ1) is 8.42. The number of hydrogen-bond acceptors (Lipinski definition) is 2. The van der Waals surface area contributed by atoms with Gasteiger partial charge in [-0.1, -0.05) is 19.3 Å². The summed E-state index contributed by atoms with van der Waals surface area (Å²) in [5.74, 6) is 0. The predicted molar refractivity (Wildman–Crippen MR) is 31.9 cm³/mol. The van der Waals surface area contributed by atoms with Gasteiger partial charge in [0, 0.05) is 16.2 Å². The van der Waals surface area contributed by atoms with E-state index in [-0.39, 0.29) is 0 Å². The Bertz CT molecular complexity index is 137. The quantitative estimate of drug-likeness (QED) is 0.242. The number of hydrogen-bond donors (Lipinski definition) is 0. The van der Waals surface area contributed by atoms with Crippen molar-refractivity contribution in [3.8, 4) is 0 Å². The minimum atomic E-state index is -2.61. The molecule has 0 bridgehead atoms. The van der Waals surface area contributed by atoms with Crippen LogP contribution in [0.25, 0.3) is 10.4 Å². The Morgan fingerprint density at radius 2 is 2.00 bits per heavy atom. The van der Waals surface area contributed by atoms with Crippen molar-refractivity contribution in [2.24, 2.45) is 4.52 Å². The normalized spacial score (nSPS) is 16.1. The van der Waals surface area contributed by atoms with E-state index in [9.17, 15) is 8.76 Å². The first-order valence-electron chi connectivity index (χ1n) is 2.42. The van der Waals surface area contributed by atoms with Gasteiger partial charge in [0.15, 0.2) is 0 Å². The Morgan fingerprint density at radius 1 is 1.56 bits per heavy atom. The van der Waals surface area contributed by atoms with Crippen molar-refractivity contribution < 1.29 is 8.76 Å². The Morgan fingerprint density at radius 3 is 2.00 bits per heavy atom. The molecule has 5 nitrogen and oxygen atoms in total. The minimum absolute atomic E-state index is 1.50. The highest BCUT2D eigenvalue weighted by Gasteiger charge is 1.95. The van der Waals surface area contributed by atoms with E-state index in [1.54, 1.807) is 0 Å². The van der Waals surface area contributed by atoms with Gasteiger partial charge in [-0.2, -0.15) is 0 Å². The molecule has 9 heavy (non-hydrogen) atoms. The maximum Gasteiger partial charge on any atom is 0.0367 e. The first-order chi connectivity index (χ1) is 4.27. The van der Waals surface area contributed by atoms with Crippen LogP contribution in [0.3, 0.4) is 0 Å². The van der Waals surface area contributed by atoms with E-state index >= 15 is 0 Å². The second kappa shape index (κ2) is 5.55. The van der Waals surface area contributed by atoms with Crippen LogP contribution >= 0.6 is 0 Å². The molecule has 1 unspecified atom stereocenters. The van der Waals surface area contributed by atoms with E-state index in [0.717, 1.165) is 0 Å². The molecule has 0 spiro atoms. The zero-order valence-corrected chi connectivity index (χ0v) is 5.50. The van der Waals surface area contributed by atoms with Gasteiger partial charge in [0.05, 0.1) is 0 Å². The lowest BCUT2D eigenvalue weighted by Crippen LogP contribution is -1.71. The smallest absolute Gasteiger partial charge is 0.0367 e. The third kappa shape index (κ3) is 18.6. The van der Waals surface area contributed by atoms with Gasteiger partial charge >= 0.3 is 0 Å². The molecule has 1 fully saturated rings. The second-order valence-corrected chi connectivity index (χ2v) is 2.05. The largest absolute Gasteiger partial charge is 0.767 e. The van der Waals surface area contributed by atoms with Crippen LogP contribution in [0.5, 0.6) is 0 Å². The van der Waals surface area contributed by atoms with E-state index in [2.05, 4.69) is 4.52 Å². The van der Waals surface area contributed by atoms with Gasteiger partial charge in [-0.15, -0.1) is 0 Å². The number of rotatable bonds is 1. The van der Waals surface area contributed by atoms with Crippen LogP contribution in [-0.4, -0.2) is 8.76 Å². The minimum Gasteiger partial charge on any atom is -0.767 e. The Balaban J connectivity index is 0.000000173. The summed E-state index contributed by atoms with van der Waals surface area (Å²) in [5, 5.41) is 0. The SMILES string of the molecule is C1CC1.[N-]=[N+]=NS(=O)[O-].